The van der Waals surface area contributed by atoms with E-state index in [9.17, 15) is 0 Å². The lowest BCUT2D eigenvalue weighted by Gasteiger charge is -2.35. The molecule has 0 aliphatic heterocycles. The first-order valence-corrected chi connectivity index (χ1v) is 22.4. The highest BCUT2D eigenvalue weighted by Crippen LogP contribution is 2.57. The smallest absolute Gasteiger partial charge is 0.227 e. The lowest BCUT2D eigenvalue weighted by Crippen LogP contribution is -2.28. The maximum absolute atomic E-state index is 6.62. The molecule has 4 nitrogen and oxygen atoms in total. The first-order valence-electron chi connectivity index (χ1n) is 22.4. The van der Waals surface area contributed by atoms with Crippen molar-refractivity contribution in [1.29, 1.82) is 0 Å². The van der Waals surface area contributed by atoms with Crippen LogP contribution in [0.15, 0.2) is 251 Å². The summed E-state index contributed by atoms with van der Waals surface area (Å²) in [5, 5.41) is 2.23. The highest BCUT2D eigenvalue weighted by molar-refractivity contribution is 6.09. The van der Waals surface area contributed by atoms with Gasteiger partial charge in [0.15, 0.2) is 5.58 Å². The molecule has 0 amide bonds. The van der Waals surface area contributed by atoms with Crippen LogP contribution in [-0.4, -0.2) is 4.98 Å². The van der Waals surface area contributed by atoms with E-state index in [1.165, 1.54) is 38.9 Å². The second-order valence-electron chi connectivity index (χ2n) is 17.0. The number of hydrogen-bond donors (Lipinski definition) is 0. The largest absolute Gasteiger partial charge is 0.455 e. The molecule has 310 valence electrons. The van der Waals surface area contributed by atoms with Crippen molar-refractivity contribution < 1.29 is 8.83 Å². The Morgan fingerprint density at radius 3 is 1.68 bits per heavy atom. The van der Waals surface area contributed by atoms with Crippen LogP contribution >= 0.6 is 0 Å². The second-order valence-corrected chi connectivity index (χ2v) is 17.0. The van der Waals surface area contributed by atoms with Gasteiger partial charge in [0.25, 0.3) is 0 Å². The first-order chi connectivity index (χ1) is 32.7. The molecule has 1 aliphatic rings. The van der Waals surface area contributed by atoms with Crippen LogP contribution in [0.1, 0.15) is 22.3 Å². The van der Waals surface area contributed by atoms with Crippen LogP contribution in [0.4, 0.5) is 17.1 Å². The van der Waals surface area contributed by atoms with Gasteiger partial charge in [-0.1, -0.05) is 182 Å². The fraction of sp³-hybridized carbons (Fsp3) is 0.0161. The van der Waals surface area contributed by atoms with Crippen molar-refractivity contribution in [2.24, 2.45) is 0 Å². The topological polar surface area (TPSA) is 42.4 Å². The van der Waals surface area contributed by atoms with Gasteiger partial charge >= 0.3 is 0 Å². The van der Waals surface area contributed by atoms with Crippen LogP contribution < -0.4 is 4.90 Å². The summed E-state index contributed by atoms with van der Waals surface area (Å²) in [4.78, 5) is 7.32. The van der Waals surface area contributed by atoms with Crippen LogP contribution in [0.3, 0.4) is 0 Å². The van der Waals surface area contributed by atoms with Gasteiger partial charge in [-0.2, -0.15) is 0 Å². The number of hydrogen-bond acceptors (Lipinski definition) is 4. The number of para-hydroxylation sites is 2. The zero-order chi connectivity index (χ0) is 43.6. The van der Waals surface area contributed by atoms with Gasteiger partial charge in [0.05, 0.1) is 5.41 Å². The van der Waals surface area contributed by atoms with Gasteiger partial charge in [-0.05, 0) is 105 Å². The molecule has 66 heavy (non-hydrogen) atoms. The Labute approximate surface area is 382 Å². The number of fused-ring (bicyclic) bond motifs is 7. The fourth-order valence-electron chi connectivity index (χ4n) is 10.4. The van der Waals surface area contributed by atoms with E-state index in [-0.39, 0.29) is 0 Å². The normalized spacial score (nSPS) is 12.7. The Morgan fingerprint density at radius 1 is 0.348 bits per heavy atom. The van der Waals surface area contributed by atoms with Crippen molar-refractivity contribution >= 4 is 50.1 Å². The third-order valence-corrected chi connectivity index (χ3v) is 13.4. The van der Waals surface area contributed by atoms with Crippen molar-refractivity contribution in [2.75, 3.05) is 4.90 Å². The number of furan rings is 1. The molecule has 12 aromatic rings. The Morgan fingerprint density at radius 2 is 0.909 bits per heavy atom. The number of nitrogens with zero attached hydrogens (tertiary/aromatic N) is 2. The molecule has 0 saturated heterocycles. The molecule has 13 rings (SSSR count). The molecular formula is C62H40N2O2. The lowest BCUT2D eigenvalue weighted by atomic mass is 9.67. The monoisotopic (exact) mass is 844 g/mol. The minimum absolute atomic E-state index is 0.550. The molecule has 0 fully saturated rings. The van der Waals surface area contributed by atoms with E-state index in [0.717, 1.165) is 66.8 Å². The third kappa shape index (κ3) is 5.96. The molecule has 1 aliphatic carbocycles. The van der Waals surface area contributed by atoms with Gasteiger partial charge in [0.2, 0.25) is 5.89 Å². The van der Waals surface area contributed by atoms with E-state index in [4.69, 9.17) is 13.8 Å². The number of rotatable bonds is 8. The average molecular weight is 845 g/mol. The molecule has 2 aromatic heterocycles. The van der Waals surface area contributed by atoms with Crippen molar-refractivity contribution in [3.63, 3.8) is 0 Å². The van der Waals surface area contributed by atoms with E-state index >= 15 is 0 Å². The lowest BCUT2D eigenvalue weighted by molar-refractivity contribution is 0.620. The van der Waals surface area contributed by atoms with E-state index in [1.54, 1.807) is 0 Å². The van der Waals surface area contributed by atoms with Crippen LogP contribution in [-0.2, 0) is 5.41 Å². The molecule has 0 N–H and O–H groups in total. The minimum Gasteiger partial charge on any atom is -0.455 e. The zero-order valence-corrected chi connectivity index (χ0v) is 35.8. The summed E-state index contributed by atoms with van der Waals surface area (Å²) in [7, 11) is 0. The predicted octanol–water partition coefficient (Wildman–Crippen LogP) is 16.6. The van der Waals surface area contributed by atoms with Crippen LogP contribution in [0.5, 0.6) is 0 Å². The van der Waals surface area contributed by atoms with Gasteiger partial charge in [-0.15, -0.1) is 0 Å². The molecule has 0 unspecified atom stereocenters. The summed E-state index contributed by atoms with van der Waals surface area (Å²) in [6.07, 6.45) is 0. The number of anilines is 3. The fourth-order valence-corrected chi connectivity index (χ4v) is 10.4. The molecule has 0 bridgehead atoms. The molecule has 0 atom stereocenters. The minimum atomic E-state index is -0.550. The summed E-state index contributed by atoms with van der Waals surface area (Å²) in [5.74, 6) is 0.586. The summed E-state index contributed by atoms with van der Waals surface area (Å²) < 4.78 is 13.1. The molecule has 0 saturated carbocycles. The van der Waals surface area contributed by atoms with Crippen LogP contribution in [0, 0.1) is 0 Å². The Balaban J connectivity index is 0.977. The van der Waals surface area contributed by atoms with E-state index in [0.29, 0.717) is 11.5 Å². The van der Waals surface area contributed by atoms with E-state index in [2.05, 4.69) is 229 Å². The summed E-state index contributed by atoms with van der Waals surface area (Å²) in [5.41, 5.74) is 18.5. The molecule has 4 heteroatoms. The highest BCUT2D eigenvalue weighted by atomic mass is 16.3. The Kier molecular flexibility index (Phi) is 8.72. The van der Waals surface area contributed by atoms with Gasteiger partial charge in [0, 0.05) is 45.0 Å². The Bertz CT molecular complexity index is 3700. The standard InChI is InChI=1S/C62H40N2O2/c1-4-15-41(16-5-1)42-27-29-44(30-28-42)61-63-57-38-36-49(40-59(57)66-61)64(47-33-31-43(32-34-47)50-23-14-24-54-53-22-11-13-26-58(53)65-60(50)54)48-35-37-52-51-21-10-12-25-55(51)62(56(52)39-48,45-17-6-2-7-18-45)46-19-8-3-9-20-46/h1-40H. The average Bonchev–Trinajstić information content (AvgIpc) is 4.08. The Hall–Kier alpha value is -8.73. The third-order valence-electron chi connectivity index (χ3n) is 13.4. The predicted molar refractivity (Wildman–Crippen MR) is 270 cm³/mol. The van der Waals surface area contributed by atoms with Crippen molar-refractivity contribution in [1.82, 2.24) is 4.98 Å². The molecular weight excluding hydrogens is 805 g/mol. The van der Waals surface area contributed by atoms with E-state index in [1.807, 2.05) is 18.2 Å². The molecule has 0 spiro atoms. The summed E-state index contributed by atoms with van der Waals surface area (Å²) in [6, 6.07) is 86.5. The first kappa shape index (κ1) is 37.8. The summed E-state index contributed by atoms with van der Waals surface area (Å²) >= 11 is 0. The van der Waals surface area contributed by atoms with Crippen molar-refractivity contribution in [2.45, 2.75) is 5.41 Å². The van der Waals surface area contributed by atoms with E-state index < -0.39 is 5.41 Å². The van der Waals surface area contributed by atoms with Gasteiger partial charge in [-0.25, -0.2) is 4.98 Å². The van der Waals surface area contributed by atoms with Gasteiger partial charge in [0.1, 0.15) is 16.7 Å². The van der Waals surface area contributed by atoms with Crippen molar-refractivity contribution in [3.05, 3.63) is 265 Å². The molecule has 0 radical (unpaired) electrons. The zero-order valence-electron chi connectivity index (χ0n) is 35.8. The van der Waals surface area contributed by atoms with Crippen molar-refractivity contribution in [3.8, 4) is 44.8 Å². The molecule has 2 heterocycles. The summed E-state index contributed by atoms with van der Waals surface area (Å²) in [6.45, 7) is 0. The number of oxazole rings is 1. The number of aromatic nitrogens is 1. The van der Waals surface area contributed by atoms with Crippen LogP contribution in [0.2, 0.25) is 0 Å². The second kappa shape index (κ2) is 15.2. The highest BCUT2D eigenvalue weighted by Gasteiger charge is 2.46. The maximum Gasteiger partial charge on any atom is 0.227 e. The van der Waals surface area contributed by atoms with Gasteiger partial charge in [-0.3, -0.25) is 0 Å². The molecule has 10 aromatic carbocycles. The van der Waals surface area contributed by atoms with Gasteiger partial charge < -0.3 is 13.7 Å². The SMILES string of the molecule is c1ccc(-c2ccc(-c3nc4ccc(N(c5ccc(-c6cccc7c6oc6ccccc67)cc5)c5ccc6c(c5)C(c5ccccc5)(c5ccccc5)c5ccccc5-6)cc4o3)cc2)cc1. The quantitative estimate of drug-likeness (QED) is 0.153. The number of benzene rings is 10. The van der Waals surface area contributed by atoms with Crippen LogP contribution in [0.25, 0.3) is 77.9 Å². The maximum atomic E-state index is 6.62.